The van der Waals surface area contributed by atoms with E-state index in [0.717, 1.165) is 35.4 Å². The van der Waals surface area contributed by atoms with Gasteiger partial charge in [0.2, 0.25) is 5.89 Å². The third kappa shape index (κ3) is 2.46. The van der Waals surface area contributed by atoms with E-state index in [4.69, 9.17) is 4.42 Å². The predicted octanol–water partition coefficient (Wildman–Crippen LogP) is 4.10. The second kappa shape index (κ2) is 5.44. The topological polar surface area (TPSA) is 71.8 Å². The molecular weight excluding hydrogens is 302 g/mol. The molecule has 0 bridgehead atoms. The number of aromatic nitrogens is 3. The summed E-state index contributed by atoms with van der Waals surface area (Å²) in [4.78, 5) is 16.2. The predicted molar refractivity (Wildman–Crippen MR) is 90.1 cm³/mol. The second-order valence-corrected chi connectivity index (χ2v) is 6.54. The van der Waals surface area contributed by atoms with Gasteiger partial charge in [-0.25, -0.2) is 0 Å². The molecule has 0 spiro atoms. The molecule has 4 rings (SSSR count). The highest BCUT2D eigenvalue weighted by molar-refractivity contribution is 6.11. The van der Waals surface area contributed by atoms with Crippen LogP contribution in [0.1, 0.15) is 57.4 Å². The van der Waals surface area contributed by atoms with Gasteiger partial charge in [-0.05, 0) is 45.2 Å². The van der Waals surface area contributed by atoms with E-state index in [1.54, 1.807) is 0 Å². The van der Waals surface area contributed by atoms with Crippen LogP contribution < -0.4 is 0 Å². The fraction of sp³-hybridized carbons (Fsp3) is 0.316. The Kier molecular flexibility index (Phi) is 3.37. The molecule has 1 aliphatic rings. The van der Waals surface area contributed by atoms with E-state index >= 15 is 0 Å². The summed E-state index contributed by atoms with van der Waals surface area (Å²) in [7, 11) is 0. The standard InChI is InChI=1S/C19H19N3O2/c1-10-5-4-6-14(9-10)17(23)15-11(2)16(20-12(15)3)19-22-21-18(24-19)13-7-8-13/h4-6,9,13,20H,7-8H2,1-3H3. The van der Waals surface area contributed by atoms with Crippen molar-refractivity contribution in [1.29, 1.82) is 0 Å². The smallest absolute Gasteiger partial charge is 0.264 e. The van der Waals surface area contributed by atoms with Crippen LogP contribution in [0.15, 0.2) is 28.7 Å². The highest BCUT2D eigenvalue weighted by atomic mass is 16.4. The van der Waals surface area contributed by atoms with Crippen LogP contribution in [0.5, 0.6) is 0 Å². The fourth-order valence-electron chi connectivity index (χ4n) is 3.07. The summed E-state index contributed by atoms with van der Waals surface area (Å²) < 4.78 is 5.78. The van der Waals surface area contributed by atoms with Crippen LogP contribution >= 0.6 is 0 Å². The lowest BCUT2D eigenvalue weighted by molar-refractivity contribution is 0.103. The molecule has 24 heavy (non-hydrogen) atoms. The number of ketones is 1. The Balaban J connectivity index is 1.74. The number of carbonyl (C=O) groups is 1. The first-order valence-corrected chi connectivity index (χ1v) is 8.19. The molecule has 2 heterocycles. The van der Waals surface area contributed by atoms with Crippen molar-refractivity contribution in [3.8, 4) is 11.6 Å². The van der Waals surface area contributed by atoms with Crippen molar-refractivity contribution < 1.29 is 9.21 Å². The molecule has 1 saturated carbocycles. The van der Waals surface area contributed by atoms with Crippen molar-refractivity contribution >= 4 is 5.78 Å². The molecule has 1 fully saturated rings. The van der Waals surface area contributed by atoms with E-state index in [2.05, 4.69) is 15.2 Å². The zero-order valence-electron chi connectivity index (χ0n) is 14.0. The number of nitrogens with one attached hydrogen (secondary N) is 1. The van der Waals surface area contributed by atoms with Gasteiger partial charge in [0.15, 0.2) is 5.78 Å². The normalized spacial score (nSPS) is 14.1. The van der Waals surface area contributed by atoms with Crippen LogP contribution in [-0.2, 0) is 0 Å². The van der Waals surface area contributed by atoms with Crippen molar-refractivity contribution in [1.82, 2.24) is 15.2 Å². The number of aryl methyl sites for hydroxylation is 2. The van der Waals surface area contributed by atoms with Gasteiger partial charge in [-0.3, -0.25) is 4.79 Å². The lowest BCUT2D eigenvalue weighted by Crippen LogP contribution is -2.04. The van der Waals surface area contributed by atoms with Crippen LogP contribution in [0, 0.1) is 20.8 Å². The molecule has 3 aromatic rings. The molecule has 122 valence electrons. The summed E-state index contributed by atoms with van der Waals surface area (Å²) in [5, 5.41) is 8.28. The second-order valence-electron chi connectivity index (χ2n) is 6.54. The maximum atomic E-state index is 12.9. The van der Waals surface area contributed by atoms with Gasteiger partial charge >= 0.3 is 0 Å². The molecule has 1 aromatic carbocycles. The van der Waals surface area contributed by atoms with Gasteiger partial charge in [-0.1, -0.05) is 23.8 Å². The first kappa shape index (κ1) is 14.9. The summed E-state index contributed by atoms with van der Waals surface area (Å²) in [6.45, 7) is 5.80. The van der Waals surface area contributed by atoms with Gasteiger partial charge in [0.25, 0.3) is 5.89 Å². The van der Waals surface area contributed by atoms with Crippen molar-refractivity contribution in [2.75, 3.05) is 0 Å². The van der Waals surface area contributed by atoms with E-state index < -0.39 is 0 Å². The molecule has 0 atom stereocenters. The monoisotopic (exact) mass is 321 g/mol. The molecule has 0 radical (unpaired) electrons. The third-order valence-electron chi connectivity index (χ3n) is 4.53. The average molecular weight is 321 g/mol. The highest BCUT2D eigenvalue weighted by Crippen LogP contribution is 2.40. The van der Waals surface area contributed by atoms with Gasteiger partial charge in [-0.2, -0.15) is 0 Å². The average Bonchev–Trinajstić information content (AvgIpc) is 3.22. The fourth-order valence-corrected chi connectivity index (χ4v) is 3.07. The minimum Gasteiger partial charge on any atom is -0.419 e. The Labute approximate surface area is 140 Å². The molecular formula is C19H19N3O2. The Bertz CT molecular complexity index is 932. The highest BCUT2D eigenvalue weighted by Gasteiger charge is 2.30. The third-order valence-corrected chi connectivity index (χ3v) is 4.53. The van der Waals surface area contributed by atoms with Crippen molar-refractivity contribution in [2.45, 2.75) is 39.5 Å². The molecule has 0 amide bonds. The zero-order valence-corrected chi connectivity index (χ0v) is 14.0. The van der Waals surface area contributed by atoms with Crippen LogP contribution in [0.3, 0.4) is 0 Å². The SMILES string of the molecule is Cc1cccc(C(=O)c2c(C)[nH]c(-c3nnc(C4CC4)o3)c2C)c1. The Hall–Kier alpha value is -2.69. The van der Waals surface area contributed by atoms with E-state index in [1.165, 1.54) is 0 Å². The summed E-state index contributed by atoms with van der Waals surface area (Å²) in [6.07, 6.45) is 2.23. The minimum absolute atomic E-state index is 0.0122. The molecule has 0 unspecified atom stereocenters. The first-order chi connectivity index (χ1) is 11.5. The lowest BCUT2D eigenvalue weighted by Gasteiger charge is -2.03. The number of hydrogen-bond donors (Lipinski definition) is 1. The Morgan fingerprint density at radius 2 is 2.00 bits per heavy atom. The molecule has 1 N–H and O–H groups in total. The minimum atomic E-state index is 0.0122. The number of nitrogens with zero attached hydrogens (tertiary/aromatic N) is 2. The van der Waals surface area contributed by atoms with Crippen molar-refractivity contribution in [2.24, 2.45) is 0 Å². The number of hydrogen-bond acceptors (Lipinski definition) is 4. The maximum absolute atomic E-state index is 12.9. The largest absolute Gasteiger partial charge is 0.419 e. The zero-order chi connectivity index (χ0) is 16.8. The van der Waals surface area contributed by atoms with Gasteiger partial charge in [-0.15, -0.1) is 10.2 Å². The van der Waals surface area contributed by atoms with E-state index in [0.29, 0.717) is 28.8 Å². The van der Waals surface area contributed by atoms with Gasteiger partial charge < -0.3 is 9.40 Å². The van der Waals surface area contributed by atoms with Gasteiger partial charge in [0.1, 0.15) is 5.69 Å². The number of benzene rings is 1. The van der Waals surface area contributed by atoms with E-state index in [9.17, 15) is 4.79 Å². The van der Waals surface area contributed by atoms with Crippen LogP contribution in [0.2, 0.25) is 0 Å². The van der Waals surface area contributed by atoms with E-state index in [-0.39, 0.29) is 5.78 Å². The van der Waals surface area contributed by atoms with Crippen LogP contribution in [-0.4, -0.2) is 21.0 Å². The Morgan fingerprint density at radius 3 is 2.71 bits per heavy atom. The molecule has 0 saturated heterocycles. The number of rotatable bonds is 4. The quantitative estimate of drug-likeness (QED) is 0.734. The van der Waals surface area contributed by atoms with Crippen LogP contribution in [0.25, 0.3) is 11.6 Å². The molecule has 0 aliphatic heterocycles. The van der Waals surface area contributed by atoms with Crippen molar-refractivity contribution in [3.05, 3.63) is 58.1 Å². The summed E-state index contributed by atoms with van der Waals surface area (Å²) in [6, 6.07) is 7.64. The number of aromatic amines is 1. The number of H-pyrrole nitrogens is 1. The summed E-state index contributed by atoms with van der Waals surface area (Å²) in [5.41, 5.74) is 4.85. The maximum Gasteiger partial charge on any atom is 0.264 e. The molecule has 1 aliphatic carbocycles. The molecule has 2 aromatic heterocycles. The Morgan fingerprint density at radius 1 is 1.21 bits per heavy atom. The van der Waals surface area contributed by atoms with Gasteiger partial charge in [0, 0.05) is 22.7 Å². The van der Waals surface area contributed by atoms with Gasteiger partial charge in [0.05, 0.1) is 0 Å². The first-order valence-electron chi connectivity index (χ1n) is 8.19. The van der Waals surface area contributed by atoms with Crippen molar-refractivity contribution in [3.63, 3.8) is 0 Å². The molecule has 5 heteroatoms. The summed E-state index contributed by atoms with van der Waals surface area (Å²) >= 11 is 0. The van der Waals surface area contributed by atoms with Crippen LogP contribution in [0.4, 0.5) is 0 Å². The molecule has 5 nitrogen and oxygen atoms in total. The lowest BCUT2D eigenvalue weighted by atomic mass is 9.98. The summed E-state index contributed by atoms with van der Waals surface area (Å²) in [5.74, 6) is 1.58. The van der Waals surface area contributed by atoms with E-state index in [1.807, 2.05) is 45.0 Å². The number of carbonyl (C=O) groups excluding carboxylic acids is 1.